The molecule has 1 aromatic rings. The lowest BCUT2D eigenvalue weighted by Crippen LogP contribution is -2.48. The number of sulfonamides is 1. The van der Waals surface area contributed by atoms with Crippen LogP contribution in [0.25, 0.3) is 0 Å². The number of hydrogen-bond acceptors (Lipinski definition) is 5. The average Bonchev–Trinajstić information content (AvgIpc) is 2.53. The van der Waals surface area contributed by atoms with E-state index in [2.05, 4.69) is 16.5 Å². The van der Waals surface area contributed by atoms with Crippen molar-refractivity contribution in [2.24, 2.45) is 0 Å². The topological polar surface area (TPSA) is 92.6 Å². The molecule has 0 saturated carbocycles. The number of nitro groups is 1. The molecule has 1 fully saturated rings. The SMILES string of the molecule is C[C@@H]1CCCCN1[C@H](C)CNS(=O)(=O)c1ccc([N+](=O)[O-])cc1. The van der Waals surface area contributed by atoms with E-state index in [4.69, 9.17) is 0 Å². The monoisotopic (exact) mass is 341 g/mol. The molecular weight excluding hydrogens is 318 g/mol. The molecule has 23 heavy (non-hydrogen) atoms. The van der Waals surface area contributed by atoms with Gasteiger partial charge in [-0.15, -0.1) is 0 Å². The minimum atomic E-state index is -3.65. The number of benzene rings is 1. The highest BCUT2D eigenvalue weighted by Gasteiger charge is 2.24. The molecule has 1 aliphatic heterocycles. The lowest BCUT2D eigenvalue weighted by atomic mass is 10.0. The van der Waals surface area contributed by atoms with Crippen LogP contribution in [0.3, 0.4) is 0 Å². The van der Waals surface area contributed by atoms with E-state index in [0.29, 0.717) is 12.6 Å². The van der Waals surface area contributed by atoms with Crippen molar-refractivity contribution in [1.82, 2.24) is 9.62 Å². The van der Waals surface area contributed by atoms with Crippen molar-refractivity contribution in [1.29, 1.82) is 0 Å². The second-order valence-corrected chi connectivity index (χ2v) is 7.80. The van der Waals surface area contributed by atoms with E-state index in [-0.39, 0.29) is 16.6 Å². The van der Waals surface area contributed by atoms with Crippen LogP contribution in [0.4, 0.5) is 5.69 Å². The molecule has 2 atom stereocenters. The lowest BCUT2D eigenvalue weighted by molar-refractivity contribution is -0.384. The van der Waals surface area contributed by atoms with Crippen molar-refractivity contribution in [2.75, 3.05) is 13.1 Å². The Morgan fingerprint density at radius 2 is 2.00 bits per heavy atom. The second kappa shape index (κ2) is 7.37. The summed E-state index contributed by atoms with van der Waals surface area (Å²) in [6, 6.07) is 5.49. The molecule has 128 valence electrons. The number of nitrogens with one attached hydrogen (secondary N) is 1. The smallest absolute Gasteiger partial charge is 0.269 e. The van der Waals surface area contributed by atoms with E-state index in [0.717, 1.165) is 19.4 Å². The van der Waals surface area contributed by atoms with Gasteiger partial charge in [0.25, 0.3) is 5.69 Å². The van der Waals surface area contributed by atoms with Crippen LogP contribution in [-0.4, -0.2) is 43.4 Å². The van der Waals surface area contributed by atoms with Crippen LogP contribution in [-0.2, 0) is 10.0 Å². The second-order valence-electron chi connectivity index (χ2n) is 6.03. The molecule has 0 aromatic heterocycles. The first-order valence-electron chi connectivity index (χ1n) is 7.81. The molecule has 8 heteroatoms. The first-order valence-corrected chi connectivity index (χ1v) is 9.29. The van der Waals surface area contributed by atoms with E-state index in [1.54, 1.807) is 0 Å². The maximum Gasteiger partial charge on any atom is 0.269 e. The van der Waals surface area contributed by atoms with Crippen molar-refractivity contribution >= 4 is 15.7 Å². The number of hydrogen-bond donors (Lipinski definition) is 1. The highest BCUT2D eigenvalue weighted by molar-refractivity contribution is 7.89. The van der Waals surface area contributed by atoms with Gasteiger partial charge in [0.15, 0.2) is 0 Å². The first kappa shape index (κ1) is 17.8. The summed E-state index contributed by atoms with van der Waals surface area (Å²) in [6.45, 7) is 5.49. The molecule has 1 N–H and O–H groups in total. The fraction of sp³-hybridized carbons (Fsp3) is 0.600. The molecular formula is C15H23N3O4S. The van der Waals surface area contributed by atoms with Crippen molar-refractivity contribution in [3.63, 3.8) is 0 Å². The number of nitro benzene ring substituents is 1. The van der Waals surface area contributed by atoms with Gasteiger partial charge in [0.2, 0.25) is 10.0 Å². The van der Waals surface area contributed by atoms with Crippen LogP contribution in [0.5, 0.6) is 0 Å². The van der Waals surface area contributed by atoms with Crippen molar-refractivity contribution in [3.8, 4) is 0 Å². The number of non-ortho nitro benzene ring substituents is 1. The van der Waals surface area contributed by atoms with E-state index >= 15 is 0 Å². The summed E-state index contributed by atoms with van der Waals surface area (Å²) in [5, 5.41) is 10.6. The predicted molar refractivity (Wildman–Crippen MR) is 87.8 cm³/mol. The van der Waals surface area contributed by atoms with Gasteiger partial charge in [-0.1, -0.05) is 6.42 Å². The third-order valence-corrected chi connectivity index (χ3v) is 5.79. The fourth-order valence-corrected chi connectivity index (χ4v) is 4.07. The summed E-state index contributed by atoms with van der Waals surface area (Å²) in [4.78, 5) is 12.4. The van der Waals surface area contributed by atoms with Gasteiger partial charge in [-0.25, -0.2) is 13.1 Å². The van der Waals surface area contributed by atoms with Gasteiger partial charge >= 0.3 is 0 Å². The van der Waals surface area contributed by atoms with Crippen LogP contribution in [0.1, 0.15) is 33.1 Å². The Morgan fingerprint density at radius 1 is 1.35 bits per heavy atom. The molecule has 0 aliphatic carbocycles. The van der Waals surface area contributed by atoms with E-state index in [9.17, 15) is 18.5 Å². The summed E-state index contributed by atoms with van der Waals surface area (Å²) < 4.78 is 27.2. The van der Waals surface area contributed by atoms with E-state index in [1.165, 1.54) is 30.7 Å². The van der Waals surface area contributed by atoms with Gasteiger partial charge in [-0.05, 0) is 45.4 Å². The molecule has 0 unspecified atom stereocenters. The molecule has 0 bridgehead atoms. The Morgan fingerprint density at radius 3 is 2.57 bits per heavy atom. The molecule has 0 spiro atoms. The number of nitrogens with zero attached hydrogens (tertiary/aromatic N) is 2. The van der Waals surface area contributed by atoms with Crippen LogP contribution < -0.4 is 4.72 Å². The molecule has 0 radical (unpaired) electrons. The molecule has 7 nitrogen and oxygen atoms in total. The Kier molecular flexibility index (Phi) is 5.72. The zero-order chi connectivity index (χ0) is 17.0. The summed E-state index contributed by atoms with van der Waals surface area (Å²) in [6.07, 6.45) is 3.50. The van der Waals surface area contributed by atoms with Gasteiger partial charge < -0.3 is 0 Å². The Balaban J connectivity index is 1.99. The van der Waals surface area contributed by atoms with Crippen molar-refractivity contribution in [2.45, 2.75) is 50.1 Å². The minimum absolute atomic E-state index is 0.0435. The van der Waals surface area contributed by atoms with E-state index < -0.39 is 14.9 Å². The number of likely N-dealkylation sites (tertiary alicyclic amines) is 1. The fourth-order valence-electron chi connectivity index (χ4n) is 2.95. The zero-order valence-corrected chi connectivity index (χ0v) is 14.3. The first-order chi connectivity index (χ1) is 10.8. The summed E-state index contributed by atoms with van der Waals surface area (Å²) >= 11 is 0. The lowest BCUT2D eigenvalue weighted by Gasteiger charge is -2.38. The summed E-state index contributed by atoms with van der Waals surface area (Å²) in [5.41, 5.74) is -0.126. The van der Waals surface area contributed by atoms with Gasteiger partial charge in [0, 0.05) is 30.8 Å². The summed E-state index contributed by atoms with van der Waals surface area (Å²) in [7, 11) is -3.65. The van der Waals surface area contributed by atoms with Crippen molar-refractivity contribution < 1.29 is 13.3 Å². The van der Waals surface area contributed by atoms with Gasteiger partial charge in [-0.3, -0.25) is 15.0 Å². The minimum Gasteiger partial charge on any atom is -0.297 e. The Labute approximate surface area is 136 Å². The molecule has 1 saturated heterocycles. The maximum absolute atomic E-state index is 12.3. The third kappa shape index (κ3) is 4.49. The number of rotatable bonds is 6. The van der Waals surface area contributed by atoms with Crippen LogP contribution in [0.15, 0.2) is 29.2 Å². The molecule has 1 aliphatic rings. The normalized spacial score (nSPS) is 21.0. The summed E-state index contributed by atoms with van der Waals surface area (Å²) in [5.74, 6) is 0. The molecule has 2 rings (SSSR count). The molecule has 1 heterocycles. The maximum atomic E-state index is 12.3. The standard InChI is InChI=1S/C15H23N3O4S/c1-12-5-3-4-10-17(12)13(2)11-16-23(21,22)15-8-6-14(7-9-15)18(19)20/h6-9,12-13,16H,3-5,10-11H2,1-2H3/t12-,13-/m1/s1. The predicted octanol–water partition coefficient (Wildman–Crippen LogP) is 2.14. The van der Waals surface area contributed by atoms with Crippen LogP contribution >= 0.6 is 0 Å². The van der Waals surface area contributed by atoms with Crippen LogP contribution in [0.2, 0.25) is 0 Å². The van der Waals surface area contributed by atoms with Gasteiger partial charge in [0.1, 0.15) is 0 Å². The highest BCUT2D eigenvalue weighted by atomic mass is 32.2. The number of piperidine rings is 1. The van der Waals surface area contributed by atoms with Gasteiger partial charge in [-0.2, -0.15) is 0 Å². The van der Waals surface area contributed by atoms with Crippen molar-refractivity contribution in [3.05, 3.63) is 34.4 Å². The molecule has 1 aromatic carbocycles. The zero-order valence-electron chi connectivity index (χ0n) is 13.4. The molecule has 0 amide bonds. The highest BCUT2D eigenvalue weighted by Crippen LogP contribution is 2.19. The third-order valence-electron chi connectivity index (χ3n) is 4.35. The van der Waals surface area contributed by atoms with Gasteiger partial charge in [0.05, 0.1) is 9.82 Å². The Hall–Kier alpha value is -1.51. The Bertz CT molecular complexity index is 645. The quantitative estimate of drug-likeness (QED) is 0.632. The van der Waals surface area contributed by atoms with Crippen LogP contribution in [0, 0.1) is 10.1 Å². The average molecular weight is 341 g/mol. The van der Waals surface area contributed by atoms with E-state index in [1.807, 2.05) is 6.92 Å². The largest absolute Gasteiger partial charge is 0.297 e.